The number of nitrogens with zero attached hydrogens (tertiary/aromatic N) is 2. The van der Waals surface area contributed by atoms with Crippen molar-refractivity contribution in [3.8, 4) is 0 Å². The van der Waals surface area contributed by atoms with Gasteiger partial charge in [0.05, 0.1) is 25.0 Å². The van der Waals surface area contributed by atoms with Gasteiger partial charge in [-0.05, 0) is 85.2 Å². The summed E-state index contributed by atoms with van der Waals surface area (Å²) in [6.07, 6.45) is 27.3. The van der Waals surface area contributed by atoms with E-state index in [0.29, 0.717) is 13.2 Å². The molecule has 2 unspecified atom stereocenters. The van der Waals surface area contributed by atoms with Gasteiger partial charge in [0.1, 0.15) is 0 Å². The Kier molecular flexibility index (Phi) is 32.0. The molecule has 6 heteroatoms. The first-order chi connectivity index (χ1) is 21.8. The van der Waals surface area contributed by atoms with Gasteiger partial charge >= 0.3 is 11.9 Å². The molecular weight excluding hydrogens is 560 g/mol. The molecule has 0 N–H and O–H groups in total. The first-order valence-corrected chi connectivity index (χ1v) is 19.5. The number of esters is 2. The van der Waals surface area contributed by atoms with Crippen molar-refractivity contribution in [3.63, 3.8) is 0 Å². The van der Waals surface area contributed by atoms with Gasteiger partial charge in [-0.3, -0.25) is 9.59 Å². The number of unbranched alkanes of at least 4 members (excludes halogenated alkanes) is 16. The monoisotopic (exact) mass is 639 g/mol. The van der Waals surface area contributed by atoms with Gasteiger partial charge in [0.25, 0.3) is 0 Å². The number of carbonyl (C=O) groups is 2. The van der Waals surface area contributed by atoms with Gasteiger partial charge in [-0.15, -0.1) is 0 Å². The molecule has 45 heavy (non-hydrogen) atoms. The van der Waals surface area contributed by atoms with Crippen LogP contribution >= 0.6 is 0 Å². The van der Waals surface area contributed by atoms with Crippen LogP contribution in [0.3, 0.4) is 0 Å². The predicted octanol–water partition coefficient (Wildman–Crippen LogP) is 10.2. The Labute approximate surface area is 281 Å². The summed E-state index contributed by atoms with van der Waals surface area (Å²) < 4.78 is 11.0. The van der Waals surface area contributed by atoms with Crippen molar-refractivity contribution in [2.24, 2.45) is 11.8 Å². The molecule has 0 aliphatic carbocycles. The van der Waals surface area contributed by atoms with Gasteiger partial charge in [0, 0.05) is 0 Å². The van der Waals surface area contributed by atoms with Crippen LogP contribution in [-0.2, 0) is 19.1 Å². The van der Waals surface area contributed by atoms with Crippen LogP contribution in [0, 0.1) is 11.8 Å². The number of carbonyl (C=O) groups excluding carboxylic acids is 2. The lowest BCUT2D eigenvalue weighted by Gasteiger charge is -2.23. The van der Waals surface area contributed by atoms with Crippen molar-refractivity contribution in [1.82, 2.24) is 9.80 Å². The normalized spacial score (nSPS) is 13.0. The maximum absolute atomic E-state index is 12.3. The molecule has 6 nitrogen and oxygen atoms in total. The number of rotatable bonds is 34. The van der Waals surface area contributed by atoms with E-state index >= 15 is 0 Å². The summed E-state index contributed by atoms with van der Waals surface area (Å²) in [5.41, 5.74) is 0. The second-order valence-electron chi connectivity index (χ2n) is 14.1. The largest absolute Gasteiger partial charge is 0.465 e. The first-order valence-electron chi connectivity index (χ1n) is 19.5. The fourth-order valence-corrected chi connectivity index (χ4v) is 5.86. The van der Waals surface area contributed by atoms with Crippen LogP contribution in [0.5, 0.6) is 0 Å². The summed E-state index contributed by atoms with van der Waals surface area (Å²) in [5.74, 6) is 0.0275. The summed E-state index contributed by atoms with van der Waals surface area (Å²) in [6.45, 7) is 14.3. The highest BCUT2D eigenvalue weighted by atomic mass is 16.5. The molecule has 0 saturated carbocycles. The van der Waals surface area contributed by atoms with E-state index in [0.717, 1.165) is 45.1 Å². The highest BCUT2D eigenvalue weighted by Crippen LogP contribution is 2.15. The zero-order valence-corrected chi connectivity index (χ0v) is 31.2. The molecule has 0 aliphatic rings. The molecule has 0 bridgehead atoms. The van der Waals surface area contributed by atoms with Crippen LogP contribution < -0.4 is 0 Å². The Morgan fingerprint density at radius 1 is 0.467 bits per heavy atom. The minimum Gasteiger partial charge on any atom is -0.465 e. The van der Waals surface area contributed by atoms with E-state index in [1.54, 1.807) is 0 Å². The summed E-state index contributed by atoms with van der Waals surface area (Å²) in [6, 6.07) is 0. The third-order valence-electron chi connectivity index (χ3n) is 9.09. The molecule has 0 spiro atoms. The van der Waals surface area contributed by atoms with E-state index in [2.05, 4.69) is 37.7 Å². The van der Waals surface area contributed by atoms with Crippen molar-refractivity contribution >= 4 is 11.9 Å². The molecule has 0 amide bonds. The van der Waals surface area contributed by atoms with Crippen LogP contribution in [0.1, 0.15) is 175 Å². The van der Waals surface area contributed by atoms with E-state index in [1.165, 1.54) is 129 Å². The first kappa shape index (κ1) is 43.9. The van der Waals surface area contributed by atoms with Crippen molar-refractivity contribution in [1.29, 1.82) is 0 Å². The maximum Gasteiger partial charge on any atom is 0.308 e. The molecule has 0 aromatic carbocycles. The lowest BCUT2D eigenvalue weighted by atomic mass is 10.0. The quantitative estimate of drug-likeness (QED) is 0.0516. The fourth-order valence-electron chi connectivity index (χ4n) is 5.86. The van der Waals surface area contributed by atoms with Crippen LogP contribution in [0.2, 0.25) is 0 Å². The fraction of sp³-hybridized carbons (Fsp3) is 0.949. The molecule has 268 valence electrons. The average molecular weight is 639 g/mol. The smallest absolute Gasteiger partial charge is 0.308 e. The Balaban J connectivity index is 4.01. The van der Waals surface area contributed by atoms with Crippen LogP contribution in [0.25, 0.3) is 0 Å². The third kappa shape index (κ3) is 30.0. The summed E-state index contributed by atoms with van der Waals surface area (Å²) in [4.78, 5) is 29.5. The molecule has 0 radical (unpaired) electrons. The second-order valence-corrected chi connectivity index (χ2v) is 14.1. The van der Waals surface area contributed by atoms with Crippen molar-refractivity contribution in [2.75, 3.05) is 53.5 Å². The van der Waals surface area contributed by atoms with E-state index in [4.69, 9.17) is 9.47 Å². The van der Waals surface area contributed by atoms with Gasteiger partial charge in [0.2, 0.25) is 0 Å². The number of ether oxygens (including phenoxy) is 2. The molecule has 0 aliphatic heterocycles. The Hall–Kier alpha value is -1.14. The Morgan fingerprint density at radius 3 is 1.24 bits per heavy atom. The minimum absolute atomic E-state index is 0.00601. The van der Waals surface area contributed by atoms with Crippen molar-refractivity contribution < 1.29 is 19.1 Å². The van der Waals surface area contributed by atoms with Crippen molar-refractivity contribution in [2.45, 2.75) is 175 Å². The molecule has 0 aromatic heterocycles. The Morgan fingerprint density at radius 2 is 0.822 bits per heavy atom. The van der Waals surface area contributed by atoms with Gasteiger partial charge in [0.15, 0.2) is 0 Å². The van der Waals surface area contributed by atoms with E-state index in [9.17, 15) is 9.59 Å². The molecule has 0 saturated heterocycles. The SMILES string of the molecule is CCCCCCCCOC(=O)C(C)CCCCCCN(CCCCCCC(C)C(=O)OCCCCCCCC)CCCN(C)C. The van der Waals surface area contributed by atoms with Gasteiger partial charge in [-0.25, -0.2) is 0 Å². The lowest BCUT2D eigenvalue weighted by molar-refractivity contribution is -0.149. The van der Waals surface area contributed by atoms with E-state index < -0.39 is 0 Å². The highest BCUT2D eigenvalue weighted by Gasteiger charge is 2.15. The van der Waals surface area contributed by atoms with Gasteiger partial charge < -0.3 is 19.3 Å². The molecular formula is C39H78N2O4. The minimum atomic E-state index is -0.00601. The summed E-state index contributed by atoms with van der Waals surface area (Å²) >= 11 is 0. The average Bonchev–Trinajstić information content (AvgIpc) is 3.02. The third-order valence-corrected chi connectivity index (χ3v) is 9.09. The zero-order valence-electron chi connectivity index (χ0n) is 31.2. The standard InChI is InChI=1S/C39H78N2O4/c1-7-9-11-13-19-25-34-44-38(42)36(3)28-21-15-17-23-31-41(33-27-30-40(5)6)32-24-18-16-22-29-37(4)39(43)45-35-26-20-14-12-10-8-2/h36-37H,7-35H2,1-6H3. The van der Waals surface area contributed by atoms with Crippen molar-refractivity contribution in [3.05, 3.63) is 0 Å². The van der Waals surface area contributed by atoms with E-state index in [1.807, 2.05) is 13.8 Å². The number of hydrogen-bond donors (Lipinski definition) is 0. The lowest BCUT2D eigenvalue weighted by Crippen LogP contribution is -2.29. The molecule has 0 rings (SSSR count). The highest BCUT2D eigenvalue weighted by molar-refractivity contribution is 5.72. The topological polar surface area (TPSA) is 59.1 Å². The van der Waals surface area contributed by atoms with Crippen LogP contribution in [0.15, 0.2) is 0 Å². The Bertz CT molecular complexity index is 609. The van der Waals surface area contributed by atoms with Crippen LogP contribution in [0.4, 0.5) is 0 Å². The maximum atomic E-state index is 12.3. The molecule has 0 heterocycles. The van der Waals surface area contributed by atoms with Crippen LogP contribution in [-0.4, -0.2) is 75.2 Å². The molecule has 0 aromatic rings. The second kappa shape index (κ2) is 32.8. The summed E-state index contributed by atoms with van der Waals surface area (Å²) in [7, 11) is 4.31. The predicted molar refractivity (Wildman–Crippen MR) is 193 cm³/mol. The zero-order chi connectivity index (χ0) is 33.4. The van der Waals surface area contributed by atoms with Gasteiger partial charge in [-0.2, -0.15) is 0 Å². The summed E-state index contributed by atoms with van der Waals surface area (Å²) in [5, 5.41) is 0. The van der Waals surface area contributed by atoms with Gasteiger partial charge in [-0.1, -0.05) is 130 Å². The molecule has 2 atom stereocenters. The number of hydrogen-bond acceptors (Lipinski definition) is 6. The molecule has 0 fully saturated rings. The van der Waals surface area contributed by atoms with E-state index in [-0.39, 0.29) is 23.8 Å².